The lowest BCUT2D eigenvalue weighted by Gasteiger charge is -2.11. The van der Waals surface area contributed by atoms with Gasteiger partial charge >= 0.3 is 0 Å². The molecular formula is C18H20N4O4S2. The minimum Gasteiger partial charge on any atom is -0.280 e. The number of aryl methyl sites for hydroxylation is 2. The van der Waals surface area contributed by atoms with E-state index in [9.17, 15) is 16.8 Å². The molecule has 0 bridgehead atoms. The Kier molecular flexibility index (Phi) is 5.28. The van der Waals surface area contributed by atoms with Crippen LogP contribution in [0.25, 0.3) is 5.69 Å². The van der Waals surface area contributed by atoms with Crippen molar-refractivity contribution in [1.29, 1.82) is 0 Å². The highest BCUT2D eigenvalue weighted by Crippen LogP contribution is 2.22. The zero-order chi connectivity index (χ0) is 20.5. The summed E-state index contributed by atoms with van der Waals surface area (Å²) in [5.74, 6) is 0. The van der Waals surface area contributed by atoms with E-state index in [1.807, 2.05) is 26.0 Å². The second kappa shape index (κ2) is 7.38. The number of aromatic nitrogens is 2. The highest BCUT2D eigenvalue weighted by molar-refractivity contribution is 7.93. The van der Waals surface area contributed by atoms with Crippen LogP contribution in [0.4, 0.5) is 5.69 Å². The summed E-state index contributed by atoms with van der Waals surface area (Å²) >= 11 is 0. The molecule has 0 aliphatic carbocycles. The van der Waals surface area contributed by atoms with Crippen LogP contribution in [-0.2, 0) is 20.0 Å². The molecule has 1 aromatic heterocycles. The number of hydrogen-bond acceptors (Lipinski definition) is 5. The van der Waals surface area contributed by atoms with Gasteiger partial charge in [0.25, 0.3) is 10.0 Å². The van der Waals surface area contributed by atoms with Crippen molar-refractivity contribution in [3.8, 4) is 5.69 Å². The van der Waals surface area contributed by atoms with Crippen molar-refractivity contribution in [3.63, 3.8) is 0 Å². The van der Waals surface area contributed by atoms with Gasteiger partial charge in [-0.1, -0.05) is 12.1 Å². The number of nitrogens with zero attached hydrogens (tertiary/aromatic N) is 2. The van der Waals surface area contributed by atoms with Crippen LogP contribution >= 0.6 is 0 Å². The van der Waals surface area contributed by atoms with Crippen LogP contribution in [-0.4, -0.2) is 33.7 Å². The summed E-state index contributed by atoms with van der Waals surface area (Å²) in [6.07, 6.45) is 0. The largest absolute Gasteiger partial charge is 0.280 e. The van der Waals surface area contributed by atoms with E-state index < -0.39 is 20.0 Å². The van der Waals surface area contributed by atoms with Crippen LogP contribution in [0.15, 0.2) is 64.4 Å². The molecule has 0 saturated heterocycles. The Bertz CT molecular complexity index is 1230. The second-order valence-corrected chi connectivity index (χ2v) is 9.75. The minimum absolute atomic E-state index is 0.130. The molecule has 2 aromatic carbocycles. The van der Waals surface area contributed by atoms with Crippen molar-refractivity contribution in [2.24, 2.45) is 0 Å². The Morgan fingerprint density at radius 2 is 1.50 bits per heavy atom. The maximum atomic E-state index is 12.7. The minimum atomic E-state index is -3.98. The van der Waals surface area contributed by atoms with E-state index in [0.717, 1.165) is 17.5 Å². The Hall–Kier alpha value is -2.69. The predicted molar refractivity (Wildman–Crippen MR) is 107 cm³/mol. The van der Waals surface area contributed by atoms with Gasteiger partial charge in [-0.05, 0) is 63.4 Å². The highest BCUT2D eigenvalue weighted by atomic mass is 32.2. The summed E-state index contributed by atoms with van der Waals surface area (Å²) in [6.45, 7) is 3.78. The average Bonchev–Trinajstić information content (AvgIpc) is 3.00. The molecule has 0 saturated carbocycles. The molecule has 10 heteroatoms. The van der Waals surface area contributed by atoms with Crippen LogP contribution in [0.2, 0.25) is 0 Å². The van der Waals surface area contributed by atoms with E-state index in [-0.39, 0.29) is 9.79 Å². The summed E-state index contributed by atoms with van der Waals surface area (Å²) in [7, 11) is -6.47. The SMILES string of the molecule is CNS(=O)(=O)c1cccc(S(=O)(=O)Nc2cccc(-n3nc(C)cc3C)c2)c1. The van der Waals surface area contributed by atoms with Crippen LogP contribution < -0.4 is 9.44 Å². The monoisotopic (exact) mass is 420 g/mol. The van der Waals surface area contributed by atoms with Crippen molar-refractivity contribution in [2.45, 2.75) is 23.6 Å². The standard InChI is InChI=1S/C18H20N4O4S2/c1-13-10-14(2)22(20-13)16-7-4-6-15(11-16)21-28(25,26)18-9-5-8-17(12-18)27(23,24)19-3/h4-12,19,21H,1-3H3. The van der Waals surface area contributed by atoms with Gasteiger partial charge in [-0.2, -0.15) is 5.10 Å². The molecule has 1 heterocycles. The van der Waals surface area contributed by atoms with E-state index >= 15 is 0 Å². The van der Waals surface area contributed by atoms with Gasteiger partial charge in [0.1, 0.15) is 0 Å². The smallest absolute Gasteiger partial charge is 0.261 e. The van der Waals surface area contributed by atoms with Crippen LogP contribution in [0, 0.1) is 13.8 Å². The molecule has 0 aliphatic rings. The molecule has 3 aromatic rings. The molecule has 148 valence electrons. The molecule has 8 nitrogen and oxygen atoms in total. The summed E-state index contributed by atoms with van der Waals surface area (Å²) < 4.78 is 55.7. The fourth-order valence-electron chi connectivity index (χ4n) is 2.73. The van der Waals surface area contributed by atoms with Crippen molar-refractivity contribution in [1.82, 2.24) is 14.5 Å². The van der Waals surface area contributed by atoms with Crippen LogP contribution in [0.3, 0.4) is 0 Å². The first kappa shape index (κ1) is 20.1. The number of sulfonamides is 2. The van der Waals surface area contributed by atoms with Crippen molar-refractivity contribution in [3.05, 3.63) is 66.0 Å². The molecule has 0 atom stereocenters. The van der Waals surface area contributed by atoms with Crippen molar-refractivity contribution in [2.75, 3.05) is 11.8 Å². The summed E-state index contributed by atoms with van der Waals surface area (Å²) in [5.41, 5.74) is 2.82. The number of nitrogens with one attached hydrogen (secondary N) is 2. The molecule has 2 N–H and O–H groups in total. The molecule has 0 radical (unpaired) electrons. The fourth-order valence-corrected chi connectivity index (χ4v) is 4.68. The predicted octanol–water partition coefficient (Wildman–Crippen LogP) is 2.20. The molecule has 3 rings (SSSR count). The van der Waals surface area contributed by atoms with E-state index in [2.05, 4.69) is 14.5 Å². The van der Waals surface area contributed by atoms with Crippen LogP contribution in [0.5, 0.6) is 0 Å². The summed E-state index contributed by atoms with van der Waals surface area (Å²) in [6, 6.07) is 13.9. The molecule has 0 unspecified atom stereocenters. The summed E-state index contributed by atoms with van der Waals surface area (Å²) in [4.78, 5) is -0.283. The number of rotatable bonds is 6. The quantitative estimate of drug-likeness (QED) is 0.635. The third-order valence-corrected chi connectivity index (χ3v) is 6.84. The van der Waals surface area contributed by atoms with Crippen molar-refractivity contribution >= 4 is 25.7 Å². The van der Waals surface area contributed by atoms with Gasteiger partial charge in [-0.15, -0.1) is 0 Å². The van der Waals surface area contributed by atoms with E-state index in [1.165, 1.54) is 25.2 Å². The normalized spacial score (nSPS) is 12.1. The Morgan fingerprint density at radius 1 is 0.857 bits per heavy atom. The van der Waals surface area contributed by atoms with E-state index in [1.54, 1.807) is 22.9 Å². The van der Waals surface area contributed by atoms with Crippen molar-refractivity contribution < 1.29 is 16.8 Å². The Morgan fingerprint density at radius 3 is 2.11 bits per heavy atom. The second-order valence-electron chi connectivity index (χ2n) is 6.18. The highest BCUT2D eigenvalue weighted by Gasteiger charge is 2.19. The van der Waals surface area contributed by atoms with Gasteiger partial charge in [0.05, 0.1) is 26.9 Å². The van der Waals surface area contributed by atoms with Gasteiger partial charge in [0.2, 0.25) is 10.0 Å². The van der Waals surface area contributed by atoms with E-state index in [0.29, 0.717) is 11.4 Å². The van der Waals surface area contributed by atoms with Gasteiger partial charge in [0, 0.05) is 5.69 Å². The molecule has 0 amide bonds. The van der Waals surface area contributed by atoms with Gasteiger partial charge < -0.3 is 0 Å². The summed E-state index contributed by atoms with van der Waals surface area (Å²) in [5, 5.41) is 4.39. The molecular weight excluding hydrogens is 400 g/mol. The van der Waals surface area contributed by atoms with Gasteiger partial charge in [0.15, 0.2) is 0 Å². The molecule has 0 fully saturated rings. The third kappa shape index (κ3) is 4.08. The maximum Gasteiger partial charge on any atom is 0.261 e. The van der Waals surface area contributed by atoms with E-state index in [4.69, 9.17) is 0 Å². The topological polar surface area (TPSA) is 110 Å². The fraction of sp³-hybridized carbons (Fsp3) is 0.167. The molecule has 28 heavy (non-hydrogen) atoms. The lowest BCUT2D eigenvalue weighted by Crippen LogP contribution is -2.19. The number of hydrogen-bond donors (Lipinski definition) is 2. The number of benzene rings is 2. The third-order valence-electron chi connectivity index (χ3n) is 4.05. The maximum absolute atomic E-state index is 12.7. The zero-order valence-corrected chi connectivity index (χ0v) is 17.2. The lowest BCUT2D eigenvalue weighted by molar-refractivity contribution is 0.588. The number of anilines is 1. The van der Waals surface area contributed by atoms with Gasteiger partial charge in [-0.25, -0.2) is 26.2 Å². The first-order valence-electron chi connectivity index (χ1n) is 8.32. The molecule has 0 spiro atoms. The first-order valence-corrected chi connectivity index (χ1v) is 11.3. The zero-order valence-electron chi connectivity index (χ0n) is 15.5. The lowest BCUT2D eigenvalue weighted by atomic mass is 10.3. The Labute approximate surface area is 164 Å². The van der Waals surface area contributed by atoms with Crippen LogP contribution in [0.1, 0.15) is 11.4 Å². The first-order chi connectivity index (χ1) is 13.1. The van der Waals surface area contributed by atoms with Gasteiger partial charge in [-0.3, -0.25) is 4.72 Å². The molecule has 0 aliphatic heterocycles. The Balaban J connectivity index is 1.95. The average molecular weight is 421 g/mol.